The van der Waals surface area contributed by atoms with Gasteiger partial charge in [0.25, 0.3) is 10.0 Å². The zero-order chi connectivity index (χ0) is 19.4. The van der Waals surface area contributed by atoms with Gasteiger partial charge in [-0.05, 0) is 42.0 Å². The van der Waals surface area contributed by atoms with E-state index >= 15 is 0 Å². The van der Waals surface area contributed by atoms with Gasteiger partial charge in [-0.2, -0.15) is 0 Å². The molecule has 0 aliphatic rings. The fourth-order valence-corrected chi connectivity index (χ4v) is 4.55. The van der Waals surface area contributed by atoms with Gasteiger partial charge in [-0.25, -0.2) is 13.4 Å². The molecule has 3 rings (SSSR count). The molecule has 0 bridgehead atoms. The topological polar surface area (TPSA) is 88.2 Å². The second kappa shape index (κ2) is 8.26. The lowest BCUT2D eigenvalue weighted by Gasteiger charge is -2.09. The minimum absolute atomic E-state index is 0.00413. The first kappa shape index (κ1) is 19.6. The molecular weight excluding hydrogens is 429 g/mol. The average molecular weight is 442 g/mol. The van der Waals surface area contributed by atoms with Crippen LogP contribution in [0.2, 0.25) is 10.0 Å². The van der Waals surface area contributed by atoms with Gasteiger partial charge in [0.05, 0.1) is 11.3 Å². The molecule has 0 radical (unpaired) electrons. The quantitative estimate of drug-likeness (QED) is 0.591. The summed E-state index contributed by atoms with van der Waals surface area (Å²) in [6.07, 6.45) is 1.51. The molecule has 0 spiro atoms. The number of hydrogen-bond donors (Lipinski definition) is 2. The van der Waals surface area contributed by atoms with Crippen molar-refractivity contribution < 1.29 is 13.2 Å². The molecule has 10 heteroatoms. The second-order valence-corrected chi connectivity index (χ2v) is 8.78. The van der Waals surface area contributed by atoms with Gasteiger partial charge in [-0.1, -0.05) is 29.3 Å². The van der Waals surface area contributed by atoms with E-state index in [1.165, 1.54) is 41.8 Å². The van der Waals surface area contributed by atoms with Crippen molar-refractivity contribution in [2.75, 3.05) is 10.0 Å². The van der Waals surface area contributed by atoms with Crippen molar-refractivity contribution in [1.29, 1.82) is 0 Å². The highest BCUT2D eigenvalue weighted by Crippen LogP contribution is 2.25. The first-order chi connectivity index (χ1) is 12.8. The Balaban J connectivity index is 1.68. The second-order valence-electron chi connectivity index (χ2n) is 5.39. The minimum atomic E-state index is -3.74. The van der Waals surface area contributed by atoms with Gasteiger partial charge in [-0.3, -0.25) is 9.52 Å². The average Bonchev–Trinajstić information content (AvgIpc) is 3.11. The van der Waals surface area contributed by atoms with E-state index in [1.54, 1.807) is 23.6 Å². The SMILES string of the molecule is O=C(Cc1c(Cl)cccc1Cl)Nc1ccc(S(=O)(=O)Nc2nccs2)cc1. The molecule has 1 aromatic heterocycles. The molecule has 0 atom stereocenters. The number of benzene rings is 2. The third-order valence-corrected chi connectivity index (χ3v) is 6.38. The molecule has 2 N–H and O–H groups in total. The normalized spacial score (nSPS) is 11.2. The van der Waals surface area contributed by atoms with Crippen LogP contribution in [0.4, 0.5) is 10.8 Å². The number of rotatable bonds is 6. The maximum Gasteiger partial charge on any atom is 0.263 e. The van der Waals surface area contributed by atoms with E-state index in [0.717, 1.165) is 0 Å². The lowest BCUT2D eigenvalue weighted by Crippen LogP contribution is -2.15. The number of aromatic nitrogens is 1. The Morgan fingerprint density at radius 2 is 1.74 bits per heavy atom. The monoisotopic (exact) mass is 441 g/mol. The van der Waals surface area contributed by atoms with Gasteiger partial charge in [0.1, 0.15) is 0 Å². The number of halogens is 2. The Morgan fingerprint density at radius 1 is 1.07 bits per heavy atom. The molecule has 0 saturated heterocycles. The van der Waals surface area contributed by atoms with Gasteiger partial charge in [0.2, 0.25) is 5.91 Å². The Morgan fingerprint density at radius 3 is 2.33 bits per heavy atom. The number of hydrogen-bond acceptors (Lipinski definition) is 5. The van der Waals surface area contributed by atoms with Crippen molar-refractivity contribution in [2.45, 2.75) is 11.3 Å². The highest BCUT2D eigenvalue weighted by molar-refractivity contribution is 7.93. The summed E-state index contributed by atoms with van der Waals surface area (Å²) in [7, 11) is -3.74. The molecule has 1 amide bonds. The van der Waals surface area contributed by atoms with Gasteiger partial charge >= 0.3 is 0 Å². The predicted molar refractivity (Wildman–Crippen MR) is 108 cm³/mol. The van der Waals surface area contributed by atoms with Crippen LogP contribution < -0.4 is 10.0 Å². The van der Waals surface area contributed by atoms with Crippen LogP contribution in [0, 0.1) is 0 Å². The summed E-state index contributed by atoms with van der Waals surface area (Å²) in [6, 6.07) is 10.8. The van der Waals surface area contributed by atoms with Crippen LogP contribution in [0.3, 0.4) is 0 Å². The van der Waals surface area contributed by atoms with Gasteiger partial charge in [0.15, 0.2) is 5.13 Å². The van der Waals surface area contributed by atoms with E-state index < -0.39 is 10.0 Å². The van der Waals surface area contributed by atoms with Crippen LogP contribution in [-0.4, -0.2) is 19.3 Å². The number of carbonyl (C=O) groups is 1. The lowest BCUT2D eigenvalue weighted by atomic mass is 10.1. The van der Waals surface area contributed by atoms with E-state index in [2.05, 4.69) is 15.0 Å². The number of nitrogens with one attached hydrogen (secondary N) is 2. The zero-order valence-corrected chi connectivity index (χ0v) is 16.8. The van der Waals surface area contributed by atoms with Crippen molar-refractivity contribution in [3.63, 3.8) is 0 Å². The number of thiazole rings is 1. The maximum atomic E-state index is 12.3. The summed E-state index contributed by atoms with van der Waals surface area (Å²) < 4.78 is 27.0. The summed E-state index contributed by atoms with van der Waals surface area (Å²) in [5, 5.41) is 5.46. The molecule has 0 fully saturated rings. The van der Waals surface area contributed by atoms with E-state index in [-0.39, 0.29) is 22.4 Å². The first-order valence-corrected chi connectivity index (χ1v) is 10.7. The van der Waals surface area contributed by atoms with Crippen LogP contribution in [-0.2, 0) is 21.2 Å². The third-order valence-electron chi connectivity index (χ3n) is 3.50. The zero-order valence-electron chi connectivity index (χ0n) is 13.6. The molecule has 0 saturated carbocycles. The third kappa shape index (κ3) is 4.98. The van der Waals surface area contributed by atoms with Crippen molar-refractivity contribution in [1.82, 2.24) is 4.98 Å². The van der Waals surface area contributed by atoms with E-state index in [4.69, 9.17) is 23.2 Å². The molecule has 27 heavy (non-hydrogen) atoms. The molecule has 0 aliphatic heterocycles. The van der Waals surface area contributed by atoms with Crippen LogP contribution in [0.25, 0.3) is 0 Å². The smallest absolute Gasteiger partial charge is 0.263 e. The van der Waals surface area contributed by atoms with Crippen molar-refractivity contribution in [3.05, 3.63) is 69.7 Å². The van der Waals surface area contributed by atoms with Gasteiger partial charge < -0.3 is 5.32 Å². The number of anilines is 2. The van der Waals surface area contributed by atoms with Crippen LogP contribution >= 0.6 is 34.5 Å². The molecular formula is C17H13Cl2N3O3S2. The number of sulfonamides is 1. The largest absolute Gasteiger partial charge is 0.326 e. The van der Waals surface area contributed by atoms with E-state index in [9.17, 15) is 13.2 Å². The molecule has 6 nitrogen and oxygen atoms in total. The van der Waals surface area contributed by atoms with Crippen molar-refractivity contribution >= 4 is 61.3 Å². The van der Waals surface area contributed by atoms with E-state index in [0.29, 0.717) is 21.3 Å². The maximum absolute atomic E-state index is 12.3. The molecule has 2 aromatic carbocycles. The van der Waals surface area contributed by atoms with Crippen LogP contribution in [0.1, 0.15) is 5.56 Å². The fourth-order valence-electron chi connectivity index (χ4n) is 2.23. The van der Waals surface area contributed by atoms with Crippen molar-refractivity contribution in [2.24, 2.45) is 0 Å². The Kier molecular flexibility index (Phi) is 6.01. The lowest BCUT2D eigenvalue weighted by molar-refractivity contribution is -0.115. The Hall–Kier alpha value is -2.13. The van der Waals surface area contributed by atoms with Crippen LogP contribution in [0.15, 0.2) is 58.9 Å². The minimum Gasteiger partial charge on any atom is -0.326 e. The standard InChI is InChI=1S/C17H13Cl2N3O3S2/c18-14-2-1-3-15(19)13(14)10-16(23)21-11-4-6-12(7-5-11)27(24,25)22-17-20-8-9-26-17/h1-9H,10H2,(H,20,22)(H,21,23). The summed E-state index contributed by atoms with van der Waals surface area (Å²) in [6.45, 7) is 0. The molecule has 3 aromatic rings. The summed E-state index contributed by atoms with van der Waals surface area (Å²) in [4.78, 5) is 16.2. The highest BCUT2D eigenvalue weighted by Gasteiger charge is 2.16. The molecule has 0 unspecified atom stereocenters. The van der Waals surface area contributed by atoms with Gasteiger partial charge in [0, 0.05) is 27.3 Å². The molecule has 140 valence electrons. The predicted octanol–water partition coefficient (Wildman–Crippen LogP) is 4.43. The van der Waals surface area contributed by atoms with Crippen LogP contribution in [0.5, 0.6) is 0 Å². The number of amides is 1. The first-order valence-electron chi connectivity index (χ1n) is 7.60. The molecule has 1 heterocycles. The number of nitrogens with zero attached hydrogens (tertiary/aromatic N) is 1. The van der Waals surface area contributed by atoms with Crippen molar-refractivity contribution in [3.8, 4) is 0 Å². The Bertz CT molecular complexity index is 1030. The number of carbonyl (C=O) groups excluding carboxylic acids is 1. The van der Waals surface area contributed by atoms with E-state index in [1.807, 2.05) is 0 Å². The summed E-state index contributed by atoms with van der Waals surface area (Å²) >= 11 is 13.3. The highest BCUT2D eigenvalue weighted by atomic mass is 35.5. The fraction of sp³-hybridized carbons (Fsp3) is 0.0588. The van der Waals surface area contributed by atoms with Gasteiger partial charge in [-0.15, -0.1) is 11.3 Å². The Labute approximate surface area is 170 Å². The molecule has 0 aliphatic carbocycles. The summed E-state index contributed by atoms with van der Waals surface area (Å²) in [5.74, 6) is -0.318. The summed E-state index contributed by atoms with van der Waals surface area (Å²) in [5.41, 5.74) is 0.988.